The first-order valence-corrected chi connectivity index (χ1v) is 4.94. The smallest absolute Gasteiger partial charge is 0.256 e. The zero-order valence-corrected chi connectivity index (χ0v) is 9.54. The standard InChI is InChI=1S/C10H10BrN3O/c1-3-5-7(4-2)10(15)12-9-6-8(11)13-14-9/h3-6H,1-2H2,(H2,12,13,14,15)/b7-5+. The van der Waals surface area contributed by atoms with E-state index < -0.39 is 0 Å². The fourth-order valence-corrected chi connectivity index (χ4v) is 1.22. The molecule has 1 heterocycles. The Balaban J connectivity index is 2.74. The number of hydrogen-bond donors (Lipinski definition) is 2. The van der Waals surface area contributed by atoms with Gasteiger partial charge in [-0.1, -0.05) is 31.4 Å². The van der Waals surface area contributed by atoms with Gasteiger partial charge in [-0.3, -0.25) is 9.89 Å². The Morgan fingerprint density at radius 3 is 2.80 bits per heavy atom. The first-order valence-electron chi connectivity index (χ1n) is 4.14. The van der Waals surface area contributed by atoms with Gasteiger partial charge < -0.3 is 5.32 Å². The third-order valence-electron chi connectivity index (χ3n) is 1.57. The number of rotatable bonds is 4. The monoisotopic (exact) mass is 267 g/mol. The van der Waals surface area contributed by atoms with Crippen molar-refractivity contribution in [3.05, 3.63) is 47.6 Å². The van der Waals surface area contributed by atoms with Crippen molar-refractivity contribution in [2.75, 3.05) is 5.32 Å². The summed E-state index contributed by atoms with van der Waals surface area (Å²) >= 11 is 3.19. The highest BCUT2D eigenvalue weighted by molar-refractivity contribution is 9.10. The molecule has 0 bridgehead atoms. The van der Waals surface area contributed by atoms with Crippen molar-refractivity contribution in [2.45, 2.75) is 0 Å². The van der Waals surface area contributed by atoms with Gasteiger partial charge in [0.2, 0.25) is 0 Å². The zero-order valence-electron chi connectivity index (χ0n) is 7.96. The van der Waals surface area contributed by atoms with Crippen LogP contribution in [0.1, 0.15) is 0 Å². The summed E-state index contributed by atoms with van der Waals surface area (Å²) in [7, 11) is 0. The number of nitrogens with one attached hydrogen (secondary N) is 2. The second kappa shape index (κ2) is 5.31. The van der Waals surface area contributed by atoms with E-state index in [2.05, 4.69) is 44.6 Å². The van der Waals surface area contributed by atoms with E-state index in [4.69, 9.17) is 0 Å². The van der Waals surface area contributed by atoms with Crippen LogP contribution < -0.4 is 5.32 Å². The van der Waals surface area contributed by atoms with Crippen LogP contribution in [-0.4, -0.2) is 16.1 Å². The number of amides is 1. The minimum absolute atomic E-state index is 0.274. The SMILES string of the molecule is C=C/C=C(\C=C)C(=O)Nc1cc(Br)[nH]n1. The van der Waals surface area contributed by atoms with Crippen LogP contribution in [-0.2, 0) is 4.79 Å². The van der Waals surface area contributed by atoms with Crippen LogP contribution in [0, 0.1) is 0 Å². The fraction of sp³-hybridized carbons (Fsp3) is 0. The molecular weight excluding hydrogens is 258 g/mol. The molecule has 1 aromatic rings. The fourth-order valence-electron chi connectivity index (χ4n) is 0.914. The van der Waals surface area contributed by atoms with Crippen LogP contribution in [0.3, 0.4) is 0 Å². The number of allylic oxidation sites excluding steroid dienone is 2. The van der Waals surface area contributed by atoms with E-state index in [0.717, 1.165) is 0 Å². The number of hydrogen-bond acceptors (Lipinski definition) is 2. The van der Waals surface area contributed by atoms with E-state index >= 15 is 0 Å². The van der Waals surface area contributed by atoms with Gasteiger partial charge in [0.05, 0.1) is 0 Å². The molecule has 0 saturated carbocycles. The Hall–Kier alpha value is -1.62. The molecule has 0 aromatic carbocycles. The number of nitrogens with zero attached hydrogens (tertiary/aromatic N) is 1. The van der Waals surface area contributed by atoms with Gasteiger partial charge >= 0.3 is 0 Å². The summed E-state index contributed by atoms with van der Waals surface area (Å²) in [4.78, 5) is 11.6. The predicted molar refractivity (Wildman–Crippen MR) is 63.4 cm³/mol. The van der Waals surface area contributed by atoms with Crippen molar-refractivity contribution in [1.82, 2.24) is 10.2 Å². The van der Waals surface area contributed by atoms with Gasteiger partial charge in [0.1, 0.15) is 4.60 Å². The van der Waals surface area contributed by atoms with Crippen molar-refractivity contribution >= 4 is 27.7 Å². The number of aromatic amines is 1. The third-order valence-corrected chi connectivity index (χ3v) is 1.97. The van der Waals surface area contributed by atoms with Gasteiger partial charge in [0.25, 0.3) is 5.91 Å². The lowest BCUT2D eigenvalue weighted by atomic mass is 10.2. The summed E-state index contributed by atoms with van der Waals surface area (Å²) in [6.07, 6.45) is 4.56. The highest BCUT2D eigenvalue weighted by Crippen LogP contribution is 2.11. The van der Waals surface area contributed by atoms with Gasteiger partial charge in [0, 0.05) is 11.6 Å². The Labute approximate surface area is 95.9 Å². The van der Waals surface area contributed by atoms with Crippen LogP contribution in [0.4, 0.5) is 5.82 Å². The van der Waals surface area contributed by atoms with Gasteiger partial charge in [0.15, 0.2) is 5.82 Å². The summed E-state index contributed by atoms with van der Waals surface area (Å²) in [5.41, 5.74) is 0.434. The topological polar surface area (TPSA) is 57.8 Å². The van der Waals surface area contributed by atoms with Crippen molar-refractivity contribution in [3.8, 4) is 0 Å². The van der Waals surface area contributed by atoms with E-state index in [1.807, 2.05) is 0 Å². The molecule has 0 spiro atoms. The molecule has 0 radical (unpaired) electrons. The molecule has 0 aliphatic carbocycles. The molecule has 0 saturated heterocycles. The van der Waals surface area contributed by atoms with Crippen molar-refractivity contribution in [1.29, 1.82) is 0 Å². The van der Waals surface area contributed by atoms with Crippen LogP contribution in [0.5, 0.6) is 0 Å². The van der Waals surface area contributed by atoms with E-state index in [1.54, 1.807) is 12.1 Å². The first-order chi connectivity index (χ1) is 7.17. The number of anilines is 1. The predicted octanol–water partition coefficient (Wildman–Crippen LogP) is 2.41. The van der Waals surface area contributed by atoms with Crippen LogP contribution in [0.25, 0.3) is 0 Å². The molecule has 1 amide bonds. The molecule has 4 nitrogen and oxygen atoms in total. The van der Waals surface area contributed by atoms with Crippen molar-refractivity contribution < 1.29 is 4.79 Å². The maximum atomic E-state index is 11.6. The lowest BCUT2D eigenvalue weighted by molar-refractivity contribution is -0.112. The Kier molecular flexibility index (Phi) is 4.05. The van der Waals surface area contributed by atoms with Gasteiger partial charge in [-0.2, -0.15) is 5.10 Å². The number of H-pyrrole nitrogens is 1. The molecule has 78 valence electrons. The van der Waals surface area contributed by atoms with Gasteiger partial charge in [-0.05, 0) is 15.9 Å². The molecule has 2 N–H and O–H groups in total. The van der Waals surface area contributed by atoms with Crippen molar-refractivity contribution in [3.63, 3.8) is 0 Å². The second-order valence-electron chi connectivity index (χ2n) is 2.62. The lowest BCUT2D eigenvalue weighted by Gasteiger charge is -2.00. The second-order valence-corrected chi connectivity index (χ2v) is 3.47. The zero-order chi connectivity index (χ0) is 11.3. The minimum Gasteiger partial charge on any atom is -0.305 e. The largest absolute Gasteiger partial charge is 0.305 e. The number of carbonyl (C=O) groups is 1. The first kappa shape index (κ1) is 11.5. The minimum atomic E-state index is -0.274. The lowest BCUT2D eigenvalue weighted by Crippen LogP contribution is -2.13. The molecule has 0 aliphatic heterocycles. The average Bonchev–Trinajstić information content (AvgIpc) is 2.60. The van der Waals surface area contributed by atoms with E-state index in [-0.39, 0.29) is 5.91 Å². The summed E-state index contributed by atoms with van der Waals surface area (Å²) < 4.78 is 0.700. The highest BCUT2D eigenvalue weighted by atomic mass is 79.9. The molecule has 1 aromatic heterocycles. The number of carbonyl (C=O) groups excluding carboxylic acids is 1. The Morgan fingerprint density at radius 1 is 1.60 bits per heavy atom. The molecule has 5 heteroatoms. The maximum absolute atomic E-state index is 11.6. The quantitative estimate of drug-likeness (QED) is 0.650. The molecule has 0 unspecified atom stereocenters. The van der Waals surface area contributed by atoms with Gasteiger partial charge in [-0.25, -0.2) is 0 Å². The highest BCUT2D eigenvalue weighted by Gasteiger charge is 2.07. The molecule has 0 aliphatic rings. The van der Waals surface area contributed by atoms with Crippen molar-refractivity contribution in [2.24, 2.45) is 0 Å². The molecular formula is C10H10BrN3O. The van der Waals surface area contributed by atoms with Gasteiger partial charge in [-0.15, -0.1) is 0 Å². The Bertz CT molecular complexity index is 420. The van der Waals surface area contributed by atoms with E-state index in [9.17, 15) is 4.79 Å². The molecule has 1 rings (SSSR count). The van der Waals surface area contributed by atoms with E-state index in [0.29, 0.717) is 16.0 Å². The molecule has 0 fully saturated rings. The maximum Gasteiger partial charge on any atom is 0.256 e. The normalized spacial score (nSPS) is 10.9. The summed E-state index contributed by atoms with van der Waals surface area (Å²) in [5.74, 6) is 0.174. The third kappa shape index (κ3) is 3.21. The summed E-state index contributed by atoms with van der Waals surface area (Å²) in [6.45, 7) is 7.04. The molecule has 15 heavy (non-hydrogen) atoms. The summed E-state index contributed by atoms with van der Waals surface area (Å²) in [5, 5.41) is 9.09. The number of halogens is 1. The average molecular weight is 268 g/mol. The van der Waals surface area contributed by atoms with Crippen LogP contribution >= 0.6 is 15.9 Å². The molecule has 0 atom stereocenters. The van der Waals surface area contributed by atoms with Crippen LogP contribution in [0.15, 0.2) is 47.6 Å². The summed E-state index contributed by atoms with van der Waals surface area (Å²) in [6, 6.07) is 1.66. The van der Waals surface area contributed by atoms with Crippen LogP contribution in [0.2, 0.25) is 0 Å². The van der Waals surface area contributed by atoms with E-state index in [1.165, 1.54) is 12.2 Å². The Morgan fingerprint density at radius 2 is 2.33 bits per heavy atom. The number of aromatic nitrogens is 2.